The van der Waals surface area contributed by atoms with Crippen LogP contribution in [-0.2, 0) is 11.3 Å². The molecule has 0 fully saturated rings. The van der Waals surface area contributed by atoms with Crippen molar-refractivity contribution in [2.45, 2.75) is 60.0 Å². The van der Waals surface area contributed by atoms with Gasteiger partial charge in [0.05, 0.1) is 11.6 Å². The molecule has 0 aliphatic heterocycles. The van der Waals surface area contributed by atoms with Crippen LogP contribution in [-0.4, -0.2) is 24.5 Å². The van der Waals surface area contributed by atoms with Gasteiger partial charge >= 0.3 is 6.03 Å². The molecular weight excluding hydrogens is 388 g/mol. The Hall–Kier alpha value is -2.81. The molecule has 6 nitrogen and oxygen atoms in total. The molecule has 0 heterocycles. The lowest BCUT2D eigenvalue weighted by atomic mass is 9.70. The predicted octanol–water partition coefficient (Wildman–Crippen LogP) is 4.13. The Bertz CT molecular complexity index is 821. The van der Waals surface area contributed by atoms with Gasteiger partial charge in [-0.15, -0.1) is 0 Å². The van der Waals surface area contributed by atoms with Crippen molar-refractivity contribution < 1.29 is 9.59 Å². The Morgan fingerprint density at radius 3 is 2.39 bits per heavy atom. The van der Waals surface area contributed by atoms with Gasteiger partial charge in [0.2, 0.25) is 5.91 Å². The van der Waals surface area contributed by atoms with Crippen molar-refractivity contribution in [1.82, 2.24) is 16.0 Å². The first-order chi connectivity index (χ1) is 14.7. The van der Waals surface area contributed by atoms with Crippen molar-refractivity contribution in [2.75, 3.05) is 6.54 Å². The summed E-state index contributed by atoms with van der Waals surface area (Å²) in [4.78, 5) is 24.6. The number of rotatable bonds is 8. The fraction of sp³-hybridized carbons (Fsp3) is 0.560. The van der Waals surface area contributed by atoms with E-state index in [1.54, 1.807) is 12.1 Å². The van der Waals surface area contributed by atoms with Crippen LogP contribution in [0.2, 0.25) is 0 Å². The average Bonchev–Trinajstić information content (AvgIpc) is 2.72. The van der Waals surface area contributed by atoms with Crippen molar-refractivity contribution in [2.24, 2.45) is 23.7 Å². The lowest BCUT2D eigenvalue weighted by Crippen LogP contribution is -2.43. The van der Waals surface area contributed by atoms with E-state index in [1.807, 2.05) is 26.0 Å². The summed E-state index contributed by atoms with van der Waals surface area (Å²) >= 11 is 0. The summed E-state index contributed by atoms with van der Waals surface area (Å²) in [6.45, 7) is 11.5. The Balaban J connectivity index is 1.93. The molecule has 3 amide bonds. The fourth-order valence-corrected chi connectivity index (χ4v) is 4.23. The highest BCUT2D eigenvalue weighted by molar-refractivity contribution is 5.76. The monoisotopic (exact) mass is 424 g/mol. The zero-order valence-corrected chi connectivity index (χ0v) is 19.4. The van der Waals surface area contributed by atoms with Crippen molar-refractivity contribution in [1.29, 1.82) is 5.26 Å². The molecule has 168 valence electrons. The Morgan fingerprint density at radius 1 is 1.13 bits per heavy atom. The van der Waals surface area contributed by atoms with Gasteiger partial charge in [0.1, 0.15) is 0 Å². The van der Waals surface area contributed by atoms with Crippen LogP contribution >= 0.6 is 0 Å². The van der Waals surface area contributed by atoms with Crippen molar-refractivity contribution in [3.8, 4) is 6.07 Å². The molecule has 0 unspecified atom stereocenters. The smallest absolute Gasteiger partial charge is 0.315 e. The molecule has 0 saturated carbocycles. The van der Waals surface area contributed by atoms with E-state index in [0.29, 0.717) is 36.9 Å². The second kappa shape index (κ2) is 11.5. The molecule has 1 aromatic carbocycles. The summed E-state index contributed by atoms with van der Waals surface area (Å²) in [5.41, 5.74) is 2.82. The van der Waals surface area contributed by atoms with Crippen LogP contribution in [0, 0.1) is 35.0 Å². The number of nitrogens with one attached hydrogen (secondary N) is 3. The number of benzene rings is 1. The normalized spacial score (nSPS) is 20.7. The number of amides is 3. The van der Waals surface area contributed by atoms with Gasteiger partial charge in [0, 0.05) is 25.6 Å². The Labute approximate surface area is 186 Å². The molecule has 2 rings (SSSR count). The quantitative estimate of drug-likeness (QED) is 0.548. The summed E-state index contributed by atoms with van der Waals surface area (Å²) in [6.07, 6.45) is 3.67. The largest absolute Gasteiger partial charge is 0.352 e. The summed E-state index contributed by atoms with van der Waals surface area (Å²) < 4.78 is 0. The first-order valence-electron chi connectivity index (χ1n) is 11.2. The average molecular weight is 425 g/mol. The molecule has 1 aromatic rings. The highest BCUT2D eigenvalue weighted by Crippen LogP contribution is 2.38. The Morgan fingerprint density at radius 2 is 1.81 bits per heavy atom. The van der Waals surface area contributed by atoms with Crippen LogP contribution in [0.25, 0.3) is 0 Å². The van der Waals surface area contributed by atoms with Crippen molar-refractivity contribution in [3.63, 3.8) is 0 Å². The lowest BCUT2D eigenvalue weighted by Gasteiger charge is -2.37. The molecule has 0 bridgehead atoms. The van der Waals surface area contributed by atoms with E-state index < -0.39 is 0 Å². The molecular formula is C25H36N4O2. The van der Waals surface area contributed by atoms with E-state index in [-0.39, 0.29) is 29.8 Å². The third kappa shape index (κ3) is 7.75. The minimum atomic E-state index is -0.132. The van der Waals surface area contributed by atoms with E-state index in [4.69, 9.17) is 5.26 Å². The van der Waals surface area contributed by atoms with Gasteiger partial charge in [0.15, 0.2) is 0 Å². The van der Waals surface area contributed by atoms with Crippen LogP contribution in [0.3, 0.4) is 0 Å². The number of nitrogens with zero attached hydrogens (tertiary/aromatic N) is 1. The molecule has 0 spiro atoms. The molecule has 1 aliphatic rings. The number of hydrogen-bond donors (Lipinski definition) is 3. The first kappa shape index (κ1) is 24.5. The number of carbonyl (C=O) groups excluding carboxylic acids is 2. The molecule has 0 aromatic heterocycles. The van der Waals surface area contributed by atoms with Gasteiger partial charge in [-0.1, -0.05) is 37.6 Å². The molecule has 1 aliphatic carbocycles. The van der Waals surface area contributed by atoms with Gasteiger partial charge in [0.25, 0.3) is 0 Å². The van der Waals surface area contributed by atoms with E-state index in [2.05, 4.69) is 48.9 Å². The van der Waals surface area contributed by atoms with Crippen LogP contribution < -0.4 is 16.0 Å². The zero-order chi connectivity index (χ0) is 23.0. The van der Waals surface area contributed by atoms with Crippen molar-refractivity contribution >= 4 is 11.9 Å². The number of urea groups is 1. The Kier molecular flexibility index (Phi) is 9.11. The molecule has 31 heavy (non-hydrogen) atoms. The summed E-state index contributed by atoms with van der Waals surface area (Å²) in [5, 5.41) is 17.7. The third-order valence-corrected chi connectivity index (χ3v) is 6.01. The molecule has 6 heteroatoms. The second-order valence-corrected chi connectivity index (χ2v) is 9.21. The van der Waals surface area contributed by atoms with Gasteiger partial charge in [-0.3, -0.25) is 4.79 Å². The summed E-state index contributed by atoms with van der Waals surface area (Å²) in [6, 6.07) is 9.33. The van der Waals surface area contributed by atoms with E-state index in [1.165, 1.54) is 5.57 Å². The number of hydrogen-bond acceptors (Lipinski definition) is 3. The maximum atomic E-state index is 12.6. The van der Waals surface area contributed by atoms with Crippen LogP contribution in [0.4, 0.5) is 4.79 Å². The molecule has 3 N–H and O–H groups in total. The first-order valence-corrected chi connectivity index (χ1v) is 11.2. The standard InChI is InChI=1S/C25H36N4O2/c1-16(2)23-11-21(18(5)10-22(23)15-28-25(31)29-17(3)4)12-24(30)27-14-20-8-6-19(13-26)7-9-20/h6-10,16-17,21-23H,11-12,14-15H2,1-5H3,(H,27,30)(H2,28,29,31)/t21-,22-,23-/m0/s1. The number of carbonyl (C=O) groups is 2. The highest BCUT2D eigenvalue weighted by atomic mass is 16.2. The summed E-state index contributed by atoms with van der Waals surface area (Å²) in [5.74, 6) is 1.41. The van der Waals surface area contributed by atoms with Gasteiger partial charge in [-0.05, 0) is 68.6 Å². The minimum Gasteiger partial charge on any atom is -0.352 e. The van der Waals surface area contributed by atoms with Crippen LogP contribution in [0.1, 0.15) is 58.6 Å². The van der Waals surface area contributed by atoms with Crippen LogP contribution in [0.15, 0.2) is 35.9 Å². The third-order valence-electron chi connectivity index (χ3n) is 6.01. The van der Waals surface area contributed by atoms with Crippen LogP contribution in [0.5, 0.6) is 0 Å². The van der Waals surface area contributed by atoms with Gasteiger partial charge in [-0.25, -0.2) is 4.79 Å². The number of allylic oxidation sites excluding steroid dienone is 1. The minimum absolute atomic E-state index is 0.0394. The van der Waals surface area contributed by atoms with E-state index >= 15 is 0 Å². The van der Waals surface area contributed by atoms with Gasteiger partial charge < -0.3 is 16.0 Å². The van der Waals surface area contributed by atoms with E-state index in [0.717, 1.165) is 12.0 Å². The maximum Gasteiger partial charge on any atom is 0.315 e. The fourth-order valence-electron chi connectivity index (χ4n) is 4.23. The molecule has 3 atom stereocenters. The summed E-state index contributed by atoms with van der Waals surface area (Å²) in [7, 11) is 0. The maximum absolute atomic E-state index is 12.6. The highest BCUT2D eigenvalue weighted by Gasteiger charge is 2.32. The van der Waals surface area contributed by atoms with E-state index in [9.17, 15) is 9.59 Å². The van der Waals surface area contributed by atoms with Gasteiger partial charge in [-0.2, -0.15) is 5.26 Å². The SMILES string of the molecule is CC1=C[C@@H](CNC(=O)NC(C)C)[C@H](C(C)C)C[C@H]1CC(=O)NCc1ccc(C#N)cc1. The topological polar surface area (TPSA) is 94.0 Å². The lowest BCUT2D eigenvalue weighted by molar-refractivity contribution is -0.122. The predicted molar refractivity (Wildman–Crippen MR) is 123 cm³/mol. The molecule has 0 saturated heterocycles. The second-order valence-electron chi connectivity index (χ2n) is 9.21. The van der Waals surface area contributed by atoms with Crippen molar-refractivity contribution in [3.05, 3.63) is 47.0 Å². The molecule has 0 radical (unpaired) electrons. The number of nitriles is 1. The zero-order valence-electron chi connectivity index (χ0n) is 19.4.